The summed E-state index contributed by atoms with van der Waals surface area (Å²) in [6.07, 6.45) is 2.94. The number of nitrogens with zero attached hydrogens (tertiary/aromatic N) is 3. The lowest BCUT2D eigenvalue weighted by atomic mass is 10.1. The second-order valence-electron chi connectivity index (χ2n) is 6.93. The van der Waals surface area contributed by atoms with E-state index in [9.17, 15) is 19.2 Å². The van der Waals surface area contributed by atoms with Crippen LogP contribution in [0.25, 0.3) is 5.82 Å². The van der Waals surface area contributed by atoms with Gasteiger partial charge in [-0.1, -0.05) is 6.07 Å². The van der Waals surface area contributed by atoms with E-state index in [0.717, 1.165) is 11.3 Å². The Morgan fingerprint density at radius 3 is 2.53 bits per heavy atom. The van der Waals surface area contributed by atoms with E-state index in [1.54, 1.807) is 45.2 Å². The fraction of sp³-hybridized carbons (Fsp3) is 0.273. The van der Waals surface area contributed by atoms with Crippen molar-refractivity contribution in [3.63, 3.8) is 0 Å². The quantitative estimate of drug-likeness (QED) is 0.463. The molecule has 0 unspecified atom stereocenters. The van der Waals surface area contributed by atoms with Crippen molar-refractivity contribution in [3.05, 3.63) is 57.9 Å². The number of nitrogens with one attached hydrogen (secondary N) is 2. The molecule has 0 aliphatic rings. The lowest BCUT2D eigenvalue weighted by Crippen LogP contribution is -2.22. The third kappa shape index (κ3) is 5.12. The number of anilines is 1. The molecule has 178 valence electrons. The molecule has 2 amide bonds. The third-order valence-electron chi connectivity index (χ3n) is 4.74. The summed E-state index contributed by atoms with van der Waals surface area (Å²) in [4.78, 5) is 54.0. The van der Waals surface area contributed by atoms with Gasteiger partial charge >= 0.3 is 11.9 Å². The molecule has 3 aromatic rings. The van der Waals surface area contributed by atoms with Crippen LogP contribution in [0.3, 0.4) is 0 Å². The van der Waals surface area contributed by atoms with Crippen LogP contribution in [0.4, 0.5) is 5.00 Å². The van der Waals surface area contributed by atoms with Gasteiger partial charge in [-0.25, -0.2) is 19.3 Å². The van der Waals surface area contributed by atoms with Gasteiger partial charge in [0.05, 0.1) is 28.9 Å². The summed E-state index contributed by atoms with van der Waals surface area (Å²) in [5.41, 5.74) is 1.14. The van der Waals surface area contributed by atoms with Gasteiger partial charge in [0.2, 0.25) is 0 Å². The fourth-order valence-corrected chi connectivity index (χ4v) is 4.23. The molecule has 0 saturated heterocycles. The van der Waals surface area contributed by atoms with Crippen molar-refractivity contribution < 1.29 is 28.7 Å². The minimum absolute atomic E-state index is 0.0811. The number of aromatic nitrogens is 3. The van der Waals surface area contributed by atoms with Gasteiger partial charge in [-0.05, 0) is 38.5 Å². The summed E-state index contributed by atoms with van der Waals surface area (Å²) in [6.45, 7) is 4.43. The second kappa shape index (κ2) is 10.7. The predicted octanol–water partition coefficient (Wildman–Crippen LogP) is 2.28. The minimum atomic E-state index is -0.742. The van der Waals surface area contributed by atoms with Crippen molar-refractivity contribution in [3.8, 4) is 5.82 Å². The molecule has 0 bridgehead atoms. The third-order valence-corrected chi connectivity index (χ3v) is 5.95. The van der Waals surface area contributed by atoms with Crippen LogP contribution in [-0.2, 0) is 14.3 Å². The van der Waals surface area contributed by atoms with Crippen molar-refractivity contribution >= 4 is 40.1 Å². The van der Waals surface area contributed by atoms with Gasteiger partial charge in [-0.2, -0.15) is 5.10 Å². The number of carbonyl (C=O) groups is 4. The number of hydrogen-bond donors (Lipinski definition) is 2. The van der Waals surface area contributed by atoms with E-state index < -0.39 is 30.4 Å². The molecule has 3 heterocycles. The highest BCUT2D eigenvalue weighted by Crippen LogP contribution is 2.33. The molecular formula is C22H23N5O6S. The summed E-state index contributed by atoms with van der Waals surface area (Å²) in [5.74, 6) is -1.97. The van der Waals surface area contributed by atoms with Gasteiger partial charge < -0.3 is 20.1 Å². The zero-order valence-corrected chi connectivity index (χ0v) is 19.8. The summed E-state index contributed by atoms with van der Waals surface area (Å²) in [7, 11) is 1.46. The molecule has 0 aliphatic carbocycles. The number of carbonyl (C=O) groups excluding carboxylic acids is 4. The molecule has 0 aromatic carbocycles. The zero-order chi connectivity index (χ0) is 24.8. The molecule has 0 atom stereocenters. The van der Waals surface area contributed by atoms with Gasteiger partial charge in [0.25, 0.3) is 11.8 Å². The molecule has 0 radical (unpaired) electrons. The Balaban J connectivity index is 1.72. The predicted molar refractivity (Wildman–Crippen MR) is 123 cm³/mol. The Labute approximate surface area is 199 Å². The van der Waals surface area contributed by atoms with Crippen molar-refractivity contribution in [2.24, 2.45) is 0 Å². The van der Waals surface area contributed by atoms with E-state index in [0.29, 0.717) is 17.1 Å². The first-order valence-corrected chi connectivity index (χ1v) is 11.1. The number of rotatable bonds is 8. The van der Waals surface area contributed by atoms with Crippen LogP contribution in [0.2, 0.25) is 0 Å². The highest BCUT2D eigenvalue weighted by molar-refractivity contribution is 7.18. The van der Waals surface area contributed by atoms with Gasteiger partial charge in [0.1, 0.15) is 10.6 Å². The van der Waals surface area contributed by atoms with Gasteiger partial charge in [0, 0.05) is 13.2 Å². The first kappa shape index (κ1) is 24.6. The number of amides is 2. The van der Waals surface area contributed by atoms with E-state index in [1.807, 2.05) is 0 Å². The van der Waals surface area contributed by atoms with E-state index in [4.69, 9.17) is 9.47 Å². The second-order valence-corrected chi connectivity index (χ2v) is 7.95. The lowest BCUT2D eigenvalue weighted by molar-refractivity contribution is -0.119. The molecule has 12 heteroatoms. The summed E-state index contributed by atoms with van der Waals surface area (Å²) < 4.78 is 11.7. The van der Waals surface area contributed by atoms with Gasteiger partial charge in [0.15, 0.2) is 12.4 Å². The Kier molecular flexibility index (Phi) is 7.74. The Hall–Kier alpha value is -4.06. The Bertz CT molecular complexity index is 1230. The first-order valence-electron chi connectivity index (χ1n) is 10.2. The maximum Gasteiger partial charge on any atom is 0.342 e. The van der Waals surface area contributed by atoms with Crippen LogP contribution < -0.4 is 10.6 Å². The molecule has 34 heavy (non-hydrogen) atoms. The van der Waals surface area contributed by atoms with E-state index >= 15 is 0 Å². The highest BCUT2D eigenvalue weighted by Gasteiger charge is 2.26. The van der Waals surface area contributed by atoms with Crippen LogP contribution in [0.5, 0.6) is 0 Å². The highest BCUT2D eigenvalue weighted by atomic mass is 32.1. The number of esters is 2. The summed E-state index contributed by atoms with van der Waals surface area (Å²) in [6, 6.07) is 5.29. The molecule has 2 N–H and O–H groups in total. The van der Waals surface area contributed by atoms with Crippen molar-refractivity contribution in [1.29, 1.82) is 0 Å². The van der Waals surface area contributed by atoms with Crippen molar-refractivity contribution in [1.82, 2.24) is 20.1 Å². The number of ether oxygens (including phenoxy) is 2. The van der Waals surface area contributed by atoms with Crippen molar-refractivity contribution in [2.75, 3.05) is 25.6 Å². The maximum absolute atomic E-state index is 12.5. The average molecular weight is 486 g/mol. The van der Waals surface area contributed by atoms with Crippen molar-refractivity contribution in [2.45, 2.75) is 20.8 Å². The smallest absolute Gasteiger partial charge is 0.342 e. The van der Waals surface area contributed by atoms with Crippen LogP contribution in [0.15, 0.2) is 30.6 Å². The van der Waals surface area contributed by atoms with Crippen LogP contribution in [0, 0.1) is 13.8 Å². The minimum Gasteiger partial charge on any atom is -0.462 e. The fourth-order valence-electron chi connectivity index (χ4n) is 3.07. The summed E-state index contributed by atoms with van der Waals surface area (Å²) in [5, 5.41) is 9.31. The maximum atomic E-state index is 12.5. The molecular weight excluding hydrogens is 462 g/mol. The molecule has 3 aromatic heterocycles. The average Bonchev–Trinajstić information content (AvgIpc) is 3.37. The Morgan fingerprint density at radius 1 is 1.12 bits per heavy atom. The number of hydrogen-bond acceptors (Lipinski definition) is 9. The molecule has 11 nitrogen and oxygen atoms in total. The van der Waals surface area contributed by atoms with Crippen LogP contribution >= 0.6 is 11.3 Å². The van der Waals surface area contributed by atoms with Crippen LogP contribution in [-0.4, -0.2) is 58.8 Å². The SMILES string of the molecule is CCOC(=O)c1c(NC(=O)COC(=O)c2cnn(-c3ccccn3)c2C)sc(C(=O)NC)c1C. The standard InChI is InChI=1S/C22H23N5O6S/c1-5-32-22(31)17-12(2)18(19(29)23-4)34-20(17)26-16(28)11-33-21(30)14-10-25-27(13(14)3)15-8-6-7-9-24-15/h6-10H,5,11H2,1-4H3,(H,23,29)(H,26,28). The van der Waals surface area contributed by atoms with Gasteiger partial charge in [-0.15, -0.1) is 11.3 Å². The molecule has 0 fully saturated rings. The number of pyridine rings is 1. The van der Waals surface area contributed by atoms with E-state index in [2.05, 4.69) is 20.7 Å². The van der Waals surface area contributed by atoms with Gasteiger partial charge in [-0.3, -0.25) is 9.59 Å². The molecule has 3 rings (SSSR count). The number of thiophene rings is 1. The topological polar surface area (TPSA) is 142 Å². The van der Waals surface area contributed by atoms with Crippen LogP contribution in [0.1, 0.15) is 48.6 Å². The lowest BCUT2D eigenvalue weighted by Gasteiger charge is -2.08. The summed E-state index contributed by atoms with van der Waals surface area (Å²) >= 11 is 0.930. The molecule has 0 saturated carbocycles. The normalized spacial score (nSPS) is 10.5. The Morgan fingerprint density at radius 2 is 1.88 bits per heavy atom. The molecule has 0 spiro atoms. The monoisotopic (exact) mass is 485 g/mol. The van der Waals surface area contributed by atoms with E-state index in [-0.39, 0.29) is 27.6 Å². The largest absolute Gasteiger partial charge is 0.462 e. The van der Waals surface area contributed by atoms with E-state index in [1.165, 1.54) is 17.9 Å². The first-order chi connectivity index (χ1) is 16.3. The molecule has 0 aliphatic heterocycles. The zero-order valence-electron chi connectivity index (χ0n) is 19.0.